The van der Waals surface area contributed by atoms with Crippen molar-refractivity contribution in [3.63, 3.8) is 0 Å². The molecular weight excluding hydrogens is 294 g/mol. The second-order valence-corrected chi connectivity index (χ2v) is 5.65. The van der Waals surface area contributed by atoms with E-state index in [4.69, 9.17) is 4.52 Å². The largest absolute Gasteiger partial charge is 0.351 e. The second kappa shape index (κ2) is 5.85. The summed E-state index contributed by atoms with van der Waals surface area (Å²) in [6.07, 6.45) is 3.44. The summed E-state index contributed by atoms with van der Waals surface area (Å²) >= 11 is 0. The third-order valence-electron chi connectivity index (χ3n) is 4.11. The van der Waals surface area contributed by atoms with Crippen molar-refractivity contribution in [3.05, 3.63) is 54.2 Å². The van der Waals surface area contributed by atoms with Gasteiger partial charge in [0.1, 0.15) is 0 Å². The molecule has 0 spiro atoms. The van der Waals surface area contributed by atoms with Crippen LogP contribution in [0.2, 0.25) is 0 Å². The highest BCUT2D eigenvalue weighted by atomic mass is 16.5. The van der Waals surface area contributed by atoms with Gasteiger partial charge in [0.15, 0.2) is 0 Å². The first-order chi connectivity index (χ1) is 11.3. The number of pyridine rings is 1. The van der Waals surface area contributed by atoms with Gasteiger partial charge in [-0.3, -0.25) is 9.69 Å². The molecule has 7 heteroatoms. The molecule has 118 valence electrons. The molecule has 0 aromatic carbocycles. The molecule has 0 unspecified atom stereocenters. The van der Waals surface area contributed by atoms with Gasteiger partial charge in [0.2, 0.25) is 5.76 Å². The maximum Gasteiger partial charge on any atom is 0.292 e. The van der Waals surface area contributed by atoms with Gasteiger partial charge in [-0.2, -0.15) is 5.10 Å². The van der Waals surface area contributed by atoms with Crippen LogP contribution in [0.5, 0.6) is 0 Å². The van der Waals surface area contributed by atoms with Crippen molar-refractivity contribution in [2.75, 3.05) is 26.2 Å². The number of nitrogens with zero attached hydrogens (tertiary/aromatic N) is 5. The molecule has 1 aliphatic heterocycles. The first-order valence-electron chi connectivity index (χ1n) is 7.65. The summed E-state index contributed by atoms with van der Waals surface area (Å²) in [7, 11) is 0. The van der Waals surface area contributed by atoms with E-state index < -0.39 is 0 Å². The summed E-state index contributed by atoms with van der Waals surface area (Å²) in [5, 5.41) is 8.16. The summed E-state index contributed by atoms with van der Waals surface area (Å²) in [5.41, 5.74) is 2.15. The van der Waals surface area contributed by atoms with Crippen molar-refractivity contribution in [2.24, 2.45) is 0 Å². The first-order valence-corrected chi connectivity index (χ1v) is 7.65. The standard InChI is InChI=1S/C16H17N5O2/c22-16(15-4-5-17-23-15)20-9-7-19(8-10-20)12-13-11-14-3-1-2-6-21(14)18-13/h1-6,11H,7-10,12H2. The predicted molar refractivity (Wildman–Crippen MR) is 82.9 cm³/mol. The van der Waals surface area contributed by atoms with Gasteiger partial charge in [-0.1, -0.05) is 11.2 Å². The lowest BCUT2D eigenvalue weighted by atomic mass is 10.2. The number of hydrogen-bond acceptors (Lipinski definition) is 5. The number of amides is 1. The second-order valence-electron chi connectivity index (χ2n) is 5.65. The lowest BCUT2D eigenvalue weighted by molar-refractivity contribution is 0.0587. The third-order valence-corrected chi connectivity index (χ3v) is 4.11. The fraction of sp³-hybridized carbons (Fsp3) is 0.312. The molecule has 0 atom stereocenters. The highest BCUT2D eigenvalue weighted by Gasteiger charge is 2.24. The Hall–Kier alpha value is -2.67. The van der Waals surface area contributed by atoms with Gasteiger partial charge in [-0.15, -0.1) is 0 Å². The quantitative estimate of drug-likeness (QED) is 0.729. The van der Waals surface area contributed by atoms with Gasteiger partial charge in [-0.25, -0.2) is 4.52 Å². The van der Waals surface area contributed by atoms with Crippen LogP contribution >= 0.6 is 0 Å². The Morgan fingerprint density at radius 2 is 2.04 bits per heavy atom. The molecule has 0 radical (unpaired) electrons. The summed E-state index contributed by atoms with van der Waals surface area (Å²) in [6.45, 7) is 3.83. The van der Waals surface area contributed by atoms with Crippen LogP contribution < -0.4 is 0 Å². The number of rotatable bonds is 3. The van der Waals surface area contributed by atoms with E-state index in [1.54, 1.807) is 11.0 Å². The molecule has 1 saturated heterocycles. The maximum absolute atomic E-state index is 12.2. The topological polar surface area (TPSA) is 66.9 Å². The Bertz CT molecular complexity index is 770. The van der Waals surface area contributed by atoms with Gasteiger partial charge in [0, 0.05) is 45.0 Å². The number of hydrogen-bond donors (Lipinski definition) is 0. The normalized spacial score (nSPS) is 16.1. The van der Waals surface area contributed by atoms with Gasteiger partial charge in [0.05, 0.1) is 17.4 Å². The summed E-state index contributed by atoms with van der Waals surface area (Å²) in [5.74, 6) is 0.216. The number of piperazine rings is 1. The minimum absolute atomic E-state index is 0.0881. The Kier molecular flexibility index (Phi) is 3.55. The van der Waals surface area contributed by atoms with Crippen molar-refractivity contribution in [1.82, 2.24) is 24.6 Å². The molecule has 1 amide bonds. The Morgan fingerprint density at radius 3 is 2.78 bits per heavy atom. The lowest BCUT2D eigenvalue weighted by Gasteiger charge is -2.33. The fourth-order valence-electron chi connectivity index (χ4n) is 2.89. The summed E-state index contributed by atoms with van der Waals surface area (Å²) in [6, 6.07) is 9.73. The molecule has 0 bridgehead atoms. The number of carbonyl (C=O) groups excluding carboxylic acids is 1. The van der Waals surface area contributed by atoms with Crippen molar-refractivity contribution in [3.8, 4) is 0 Å². The fourth-order valence-corrected chi connectivity index (χ4v) is 2.89. The van der Waals surface area contributed by atoms with Crippen LogP contribution in [0.4, 0.5) is 0 Å². The highest BCUT2D eigenvalue weighted by Crippen LogP contribution is 2.12. The van der Waals surface area contributed by atoms with Crippen LogP contribution in [0.3, 0.4) is 0 Å². The molecule has 0 saturated carbocycles. The maximum atomic E-state index is 12.2. The van der Waals surface area contributed by atoms with E-state index >= 15 is 0 Å². The number of aromatic nitrogens is 3. The monoisotopic (exact) mass is 311 g/mol. The van der Waals surface area contributed by atoms with Crippen LogP contribution in [0.15, 0.2) is 47.2 Å². The zero-order valence-electron chi connectivity index (χ0n) is 12.6. The molecular formula is C16H17N5O2. The first kappa shape index (κ1) is 14.0. The third kappa shape index (κ3) is 2.83. The van der Waals surface area contributed by atoms with Crippen LogP contribution in [-0.2, 0) is 6.54 Å². The summed E-state index contributed by atoms with van der Waals surface area (Å²) < 4.78 is 6.83. The van der Waals surface area contributed by atoms with E-state index in [1.807, 2.05) is 28.9 Å². The van der Waals surface area contributed by atoms with E-state index in [2.05, 4.69) is 21.2 Å². The average molecular weight is 311 g/mol. The summed E-state index contributed by atoms with van der Waals surface area (Å²) in [4.78, 5) is 16.3. The van der Waals surface area contributed by atoms with E-state index in [1.165, 1.54) is 6.20 Å². The number of fused-ring (bicyclic) bond motifs is 1. The van der Waals surface area contributed by atoms with Crippen LogP contribution in [0.25, 0.3) is 5.52 Å². The molecule has 3 aromatic heterocycles. The van der Waals surface area contributed by atoms with E-state index in [0.717, 1.165) is 30.8 Å². The molecule has 23 heavy (non-hydrogen) atoms. The van der Waals surface area contributed by atoms with Crippen LogP contribution in [0, 0.1) is 0 Å². The number of carbonyl (C=O) groups is 1. The van der Waals surface area contributed by atoms with Crippen LogP contribution in [0.1, 0.15) is 16.2 Å². The SMILES string of the molecule is O=C(c1ccno1)N1CCN(Cc2cc3ccccn3n2)CC1. The molecule has 4 rings (SSSR count). The highest BCUT2D eigenvalue weighted by molar-refractivity contribution is 5.91. The molecule has 4 heterocycles. The zero-order valence-corrected chi connectivity index (χ0v) is 12.6. The molecule has 0 N–H and O–H groups in total. The van der Waals surface area contributed by atoms with Crippen molar-refractivity contribution < 1.29 is 9.32 Å². The van der Waals surface area contributed by atoms with Crippen molar-refractivity contribution in [2.45, 2.75) is 6.54 Å². The van der Waals surface area contributed by atoms with Crippen LogP contribution in [-0.4, -0.2) is 56.7 Å². The smallest absolute Gasteiger partial charge is 0.292 e. The minimum atomic E-state index is -0.0881. The van der Waals surface area contributed by atoms with Crippen molar-refractivity contribution in [1.29, 1.82) is 0 Å². The van der Waals surface area contributed by atoms with E-state index in [9.17, 15) is 4.79 Å². The molecule has 7 nitrogen and oxygen atoms in total. The Labute approximate surface area is 133 Å². The minimum Gasteiger partial charge on any atom is -0.351 e. The van der Waals surface area contributed by atoms with Crippen molar-refractivity contribution >= 4 is 11.4 Å². The Morgan fingerprint density at radius 1 is 1.17 bits per heavy atom. The van der Waals surface area contributed by atoms with E-state index in [-0.39, 0.29) is 5.91 Å². The molecule has 0 aliphatic carbocycles. The zero-order chi connectivity index (χ0) is 15.6. The molecule has 1 aliphatic rings. The van der Waals surface area contributed by atoms with Gasteiger partial charge in [-0.05, 0) is 18.2 Å². The Balaban J connectivity index is 1.37. The van der Waals surface area contributed by atoms with Gasteiger partial charge < -0.3 is 9.42 Å². The average Bonchev–Trinajstić information content (AvgIpc) is 3.24. The molecule has 3 aromatic rings. The lowest BCUT2D eigenvalue weighted by Crippen LogP contribution is -2.48. The van der Waals surface area contributed by atoms with E-state index in [0.29, 0.717) is 18.8 Å². The molecule has 1 fully saturated rings. The van der Waals surface area contributed by atoms with Gasteiger partial charge in [0.25, 0.3) is 5.91 Å². The predicted octanol–water partition coefficient (Wildman–Crippen LogP) is 1.28. The van der Waals surface area contributed by atoms with Gasteiger partial charge >= 0.3 is 0 Å².